The summed E-state index contributed by atoms with van der Waals surface area (Å²) in [7, 11) is 0. The molecule has 4 heteroatoms. The minimum atomic E-state index is 0.0187. The van der Waals surface area contributed by atoms with Gasteiger partial charge in [0.05, 0.1) is 12.2 Å². The maximum Gasteiger partial charge on any atom is 0.241 e. The van der Waals surface area contributed by atoms with Gasteiger partial charge in [-0.15, -0.1) is 0 Å². The fourth-order valence-corrected chi connectivity index (χ4v) is 3.34. The molecule has 0 aromatic heterocycles. The summed E-state index contributed by atoms with van der Waals surface area (Å²) in [6, 6.07) is 0.345. The first kappa shape index (κ1) is 18.4. The van der Waals surface area contributed by atoms with Crippen LogP contribution < -0.4 is 5.32 Å². The Bertz CT molecular complexity index is 315. The molecule has 0 radical (unpaired) electrons. The first-order valence-electron chi connectivity index (χ1n) is 8.71. The van der Waals surface area contributed by atoms with Crippen molar-refractivity contribution in [2.45, 2.75) is 79.1 Å². The zero-order valence-corrected chi connectivity index (χ0v) is 14.9. The Morgan fingerprint density at radius 1 is 1.24 bits per heavy atom. The first-order chi connectivity index (χ1) is 9.90. The third kappa shape index (κ3) is 5.26. The number of rotatable bonds is 9. The van der Waals surface area contributed by atoms with Crippen molar-refractivity contribution in [3.05, 3.63) is 0 Å². The quantitative estimate of drug-likeness (QED) is 0.711. The van der Waals surface area contributed by atoms with E-state index in [-0.39, 0.29) is 12.2 Å². The molecule has 0 saturated carbocycles. The fourth-order valence-electron chi connectivity index (χ4n) is 3.34. The highest BCUT2D eigenvalue weighted by atomic mass is 16.2. The van der Waals surface area contributed by atoms with Crippen molar-refractivity contribution >= 4 is 5.91 Å². The summed E-state index contributed by atoms with van der Waals surface area (Å²) in [5.74, 6) is 0.850. The molecule has 0 aliphatic carbocycles. The molecule has 1 saturated heterocycles. The topological polar surface area (TPSA) is 35.6 Å². The fraction of sp³-hybridized carbons (Fsp3) is 0.941. The molecule has 0 spiro atoms. The van der Waals surface area contributed by atoms with E-state index in [2.05, 4.69) is 56.7 Å². The van der Waals surface area contributed by atoms with Crippen LogP contribution >= 0.6 is 0 Å². The summed E-state index contributed by atoms with van der Waals surface area (Å²) in [4.78, 5) is 17.1. The van der Waals surface area contributed by atoms with E-state index < -0.39 is 0 Å². The average Bonchev–Trinajstić information content (AvgIpc) is 2.68. The van der Waals surface area contributed by atoms with E-state index >= 15 is 0 Å². The van der Waals surface area contributed by atoms with E-state index in [0.717, 1.165) is 38.9 Å². The summed E-state index contributed by atoms with van der Waals surface area (Å²) in [5, 5.41) is 3.45. The third-order valence-corrected chi connectivity index (χ3v) is 4.58. The maximum absolute atomic E-state index is 12.6. The zero-order chi connectivity index (χ0) is 16.0. The summed E-state index contributed by atoms with van der Waals surface area (Å²) in [6.45, 7) is 16.4. The maximum atomic E-state index is 12.6. The Balaban J connectivity index is 2.46. The smallest absolute Gasteiger partial charge is 0.241 e. The number of hydrogen-bond acceptors (Lipinski definition) is 3. The molecular formula is C17H35N3O. The second-order valence-corrected chi connectivity index (χ2v) is 6.79. The van der Waals surface area contributed by atoms with Gasteiger partial charge in [-0.2, -0.15) is 0 Å². The van der Waals surface area contributed by atoms with Crippen LogP contribution in [0.1, 0.15) is 60.8 Å². The predicted octanol–water partition coefficient (Wildman–Crippen LogP) is 2.69. The minimum Gasteiger partial charge on any atom is -0.323 e. The number of carbonyl (C=O) groups is 1. The number of hydrogen-bond donors (Lipinski definition) is 1. The van der Waals surface area contributed by atoms with Crippen molar-refractivity contribution in [1.29, 1.82) is 0 Å². The molecule has 1 fully saturated rings. The monoisotopic (exact) mass is 297 g/mol. The van der Waals surface area contributed by atoms with Crippen LogP contribution in [0, 0.1) is 5.92 Å². The minimum absolute atomic E-state index is 0.0187. The van der Waals surface area contributed by atoms with Gasteiger partial charge in [0.1, 0.15) is 0 Å². The molecular weight excluding hydrogens is 262 g/mol. The Kier molecular flexibility index (Phi) is 7.67. The Morgan fingerprint density at radius 3 is 2.38 bits per heavy atom. The largest absolute Gasteiger partial charge is 0.323 e. The average molecular weight is 297 g/mol. The van der Waals surface area contributed by atoms with Crippen molar-refractivity contribution in [1.82, 2.24) is 15.1 Å². The van der Waals surface area contributed by atoms with E-state index in [0.29, 0.717) is 17.9 Å². The van der Waals surface area contributed by atoms with Crippen molar-refractivity contribution in [2.75, 3.05) is 19.6 Å². The molecule has 1 N–H and O–H groups in total. The zero-order valence-electron chi connectivity index (χ0n) is 14.9. The number of nitrogens with zero attached hydrogens (tertiary/aromatic N) is 2. The molecule has 124 valence electrons. The van der Waals surface area contributed by atoms with Crippen LogP contribution in [0.4, 0.5) is 0 Å². The number of nitrogens with one attached hydrogen (secondary N) is 1. The van der Waals surface area contributed by atoms with E-state index in [1.807, 2.05) is 0 Å². The van der Waals surface area contributed by atoms with Crippen LogP contribution in [-0.2, 0) is 4.79 Å². The molecule has 3 unspecified atom stereocenters. The van der Waals surface area contributed by atoms with Crippen LogP contribution in [0.5, 0.6) is 0 Å². The molecule has 0 aromatic carbocycles. The molecule has 0 aromatic rings. The lowest BCUT2D eigenvalue weighted by atomic mass is 10.0. The summed E-state index contributed by atoms with van der Waals surface area (Å²) < 4.78 is 0. The standard InChI is InChI=1S/C17H35N3O/c1-7-19(8-2)11-9-10-14(5)20-15(6)18-16(17(20)21)12-13(3)4/h13-16,18H,7-12H2,1-6H3. The first-order valence-corrected chi connectivity index (χ1v) is 8.71. The molecule has 1 heterocycles. The van der Waals surface area contributed by atoms with Crippen molar-refractivity contribution in [3.8, 4) is 0 Å². The number of amides is 1. The lowest BCUT2D eigenvalue weighted by Gasteiger charge is -2.29. The highest BCUT2D eigenvalue weighted by Gasteiger charge is 2.38. The van der Waals surface area contributed by atoms with Crippen LogP contribution in [0.2, 0.25) is 0 Å². The van der Waals surface area contributed by atoms with Gasteiger partial charge in [-0.25, -0.2) is 0 Å². The molecule has 1 aliphatic heterocycles. The molecule has 21 heavy (non-hydrogen) atoms. The molecule has 4 nitrogen and oxygen atoms in total. The van der Waals surface area contributed by atoms with Gasteiger partial charge in [0.25, 0.3) is 0 Å². The lowest BCUT2D eigenvalue weighted by molar-refractivity contribution is -0.132. The predicted molar refractivity (Wildman–Crippen MR) is 89.2 cm³/mol. The van der Waals surface area contributed by atoms with Crippen LogP contribution in [-0.4, -0.2) is 53.6 Å². The highest BCUT2D eigenvalue weighted by Crippen LogP contribution is 2.21. The molecule has 0 bridgehead atoms. The normalized spacial score (nSPS) is 24.4. The van der Waals surface area contributed by atoms with Gasteiger partial charge < -0.3 is 9.80 Å². The third-order valence-electron chi connectivity index (χ3n) is 4.58. The summed E-state index contributed by atoms with van der Waals surface area (Å²) >= 11 is 0. The van der Waals surface area contributed by atoms with Crippen LogP contribution in [0.25, 0.3) is 0 Å². The molecule has 1 rings (SSSR count). The Morgan fingerprint density at radius 2 is 1.86 bits per heavy atom. The van der Waals surface area contributed by atoms with E-state index in [4.69, 9.17) is 0 Å². The van der Waals surface area contributed by atoms with Gasteiger partial charge in [0.15, 0.2) is 0 Å². The molecule has 1 aliphatic rings. The Labute approximate surface area is 131 Å². The van der Waals surface area contributed by atoms with Gasteiger partial charge in [-0.05, 0) is 58.7 Å². The second kappa shape index (κ2) is 8.74. The van der Waals surface area contributed by atoms with Gasteiger partial charge in [0, 0.05) is 6.04 Å². The summed E-state index contributed by atoms with van der Waals surface area (Å²) in [6.07, 6.45) is 3.35. The second-order valence-electron chi connectivity index (χ2n) is 6.79. The Hall–Kier alpha value is -0.610. The van der Waals surface area contributed by atoms with E-state index in [1.165, 1.54) is 0 Å². The van der Waals surface area contributed by atoms with Crippen molar-refractivity contribution < 1.29 is 4.79 Å². The van der Waals surface area contributed by atoms with E-state index in [9.17, 15) is 4.79 Å². The van der Waals surface area contributed by atoms with Gasteiger partial charge >= 0.3 is 0 Å². The van der Waals surface area contributed by atoms with Gasteiger partial charge in [0.2, 0.25) is 5.91 Å². The lowest BCUT2D eigenvalue weighted by Crippen LogP contribution is -2.42. The van der Waals surface area contributed by atoms with E-state index in [1.54, 1.807) is 0 Å². The van der Waals surface area contributed by atoms with Crippen LogP contribution in [0.3, 0.4) is 0 Å². The van der Waals surface area contributed by atoms with Gasteiger partial charge in [-0.3, -0.25) is 10.1 Å². The van der Waals surface area contributed by atoms with Crippen molar-refractivity contribution in [3.63, 3.8) is 0 Å². The van der Waals surface area contributed by atoms with Gasteiger partial charge in [-0.1, -0.05) is 27.7 Å². The highest BCUT2D eigenvalue weighted by molar-refractivity contribution is 5.84. The molecule has 3 atom stereocenters. The number of carbonyl (C=O) groups excluding carboxylic acids is 1. The van der Waals surface area contributed by atoms with Crippen LogP contribution in [0.15, 0.2) is 0 Å². The van der Waals surface area contributed by atoms with Crippen molar-refractivity contribution in [2.24, 2.45) is 5.92 Å². The molecule has 1 amide bonds. The summed E-state index contributed by atoms with van der Waals surface area (Å²) in [5.41, 5.74) is 0. The SMILES string of the molecule is CCN(CC)CCCC(C)N1C(=O)C(CC(C)C)NC1C.